The van der Waals surface area contributed by atoms with Crippen LogP contribution in [0.4, 0.5) is 0 Å². The van der Waals surface area contributed by atoms with Gasteiger partial charge in [0.15, 0.2) is 12.6 Å². The van der Waals surface area contributed by atoms with Gasteiger partial charge in [-0.1, -0.05) is 0 Å². The summed E-state index contributed by atoms with van der Waals surface area (Å²) in [4.78, 5) is 40.9. The van der Waals surface area contributed by atoms with Crippen molar-refractivity contribution in [2.45, 2.75) is 60.3 Å². The SMILES string of the molecule is CC(=O)OCc1nc2cc3c(cc2c(=O)n1COC(=O)C(C)(C)C)CCC3. The molecule has 1 heterocycles. The average molecular weight is 372 g/mol. The van der Waals surface area contributed by atoms with Crippen LogP contribution in [0, 0.1) is 5.41 Å². The molecule has 1 aromatic carbocycles. The van der Waals surface area contributed by atoms with Crippen molar-refractivity contribution in [2.75, 3.05) is 0 Å². The molecule has 7 heteroatoms. The van der Waals surface area contributed by atoms with E-state index in [4.69, 9.17) is 9.47 Å². The predicted molar refractivity (Wildman–Crippen MR) is 99.0 cm³/mol. The van der Waals surface area contributed by atoms with Crippen molar-refractivity contribution >= 4 is 22.8 Å². The Morgan fingerprint density at radius 2 is 1.81 bits per heavy atom. The van der Waals surface area contributed by atoms with Gasteiger partial charge in [-0.2, -0.15) is 0 Å². The first kappa shape index (κ1) is 19.1. The summed E-state index contributed by atoms with van der Waals surface area (Å²) in [6, 6.07) is 3.81. The molecule has 0 aliphatic heterocycles. The van der Waals surface area contributed by atoms with Gasteiger partial charge >= 0.3 is 11.9 Å². The first-order chi connectivity index (χ1) is 12.7. The molecule has 0 saturated heterocycles. The quantitative estimate of drug-likeness (QED) is 0.767. The summed E-state index contributed by atoms with van der Waals surface area (Å²) < 4.78 is 11.6. The smallest absolute Gasteiger partial charge is 0.312 e. The fourth-order valence-electron chi connectivity index (χ4n) is 3.09. The number of hydrogen-bond acceptors (Lipinski definition) is 6. The lowest BCUT2D eigenvalue weighted by Crippen LogP contribution is -2.31. The van der Waals surface area contributed by atoms with Crippen LogP contribution in [0.1, 0.15) is 51.1 Å². The maximum atomic E-state index is 13.0. The van der Waals surface area contributed by atoms with E-state index < -0.39 is 17.4 Å². The second-order valence-corrected chi connectivity index (χ2v) is 7.84. The van der Waals surface area contributed by atoms with Gasteiger partial charge in [0.1, 0.15) is 6.61 Å². The Bertz CT molecular complexity index is 969. The van der Waals surface area contributed by atoms with Crippen LogP contribution in [0.3, 0.4) is 0 Å². The number of aromatic nitrogens is 2. The Balaban J connectivity index is 2.04. The minimum atomic E-state index is -0.690. The summed E-state index contributed by atoms with van der Waals surface area (Å²) in [6.07, 6.45) is 2.97. The molecule has 1 aliphatic rings. The highest BCUT2D eigenvalue weighted by molar-refractivity contribution is 5.80. The number of fused-ring (bicyclic) bond motifs is 2. The first-order valence-corrected chi connectivity index (χ1v) is 9.02. The lowest BCUT2D eigenvalue weighted by Gasteiger charge is -2.19. The highest BCUT2D eigenvalue weighted by Crippen LogP contribution is 2.25. The fourth-order valence-corrected chi connectivity index (χ4v) is 3.09. The summed E-state index contributed by atoms with van der Waals surface area (Å²) >= 11 is 0. The molecule has 0 saturated carbocycles. The van der Waals surface area contributed by atoms with Crippen LogP contribution in [0.5, 0.6) is 0 Å². The van der Waals surface area contributed by atoms with Crippen molar-refractivity contribution in [3.8, 4) is 0 Å². The second kappa shape index (κ2) is 7.13. The van der Waals surface area contributed by atoms with Crippen molar-refractivity contribution in [3.63, 3.8) is 0 Å². The summed E-state index contributed by atoms with van der Waals surface area (Å²) in [5.74, 6) is -0.652. The number of hydrogen-bond donors (Lipinski definition) is 0. The number of carbonyl (C=O) groups is 2. The zero-order valence-electron chi connectivity index (χ0n) is 16.1. The average Bonchev–Trinajstić information content (AvgIpc) is 3.04. The lowest BCUT2D eigenvalue weighted by molar-refractivity contribution is -0.157. The van der Waals surface area contributed by atoms with E-state index >= 15 is 0 Å². The number of ether oxygens (including phenoxy) is 2. The third-order valence-corrected chi connectivity index (χ3v) is 4.59. The van der Waals surface area contributed by atoms with E-state index in [-0.39, 0.29) is 24.7 Å². The molecule has 1 aliphatic carbocycles. The van der Waals surface area contributed by atoms with E-state index in [1.54, 1.807) is 20.8 Å². The summed E-state index contributed by atoms with van der Waals surface area (Å²) in [7, 11) is 0. The van der Waals surface area contributed by atoms with Gasteiger partial charge in [-0.15, -0.1) is 0 Å². The third kappa shape index (κ3) is 4.02. The highest BCUT2D eigenvalue weighted by atomic mass is 16.5. The summed E-state index contributed by atoms with van der Waals surface area (Å²) in [6.45, 7) is 6.06. The molecule has 0 amide bonds. The van der Waals surface area contributed by atoms with Crippen LogP contribution in [0.25, 0.3) is 10.9 Å². The maximum absolute atomic E-state index is 13.0. The monoisotopic (exact) mass is 372 g/mol. The maximum Gasteiger partial charge on any atom is 0.312 e. The fraction of sp³-hybridized carbons (Fsp3) is 0.500. The predicted octanol–water partition coefficient (Wildman–Crippen LogP) is 2.50. The molecule has 0 unspecified atom stereocenters. The van der Waals surface area contributed by atoms with Gasteiger partial charge in [-0.05, 0) is 63.3 Å². The van der Waals surface area contributed by atoms with Gasteiger partial charge in [-0.25, -0.2) is 4.98 Å². The van der Waals surface area contributed by atoms with Gasteiger partial charge in [0, 0.05) is 6.92 Å². The van der Waals surface area contributed by atoms with Gasteiger partial charge in [0.2, 0.25) is 0 Å². The molecule has 7 nitrogen and oxygen atoms in total. The van der Waals surface area contributed by atoms with E-state index in [9.17, 15) is 14.4 Å². The zero-order valence-corrected chi connectivity index (χ0v) is 16.1. The Morgan fingerprint density at radius 3 is 2.44 bits per heavy atom. The molecule has 27 heavy (non-hydrogen) atoms. The van der Waals surface area contributed by atoms with E-state index in [2.05, 4.69) is 4.98 Å². The van der Waals surface area contributed by atoms with Crippen LogP contribution >= 0.6 is 0 Å². The van der Waals surface area contributed by atoms with Gasteiger partial charge in [0.05, 0.1) is 16.3 Å². The molecular weight excluding hydrogens is 348 g/mol. The molecule has 0 spiro atoms. The largest absolute Gasteiger partial charge is 0.458 e. The molecule has 0 radical (unpaired) electrons. The standard InChI is InChI=1S/C20H24N2O5/c1-12(23)26-10-17-21-16-9-14-7-5-6-13(14)8-15(16)18(24)22(17)11-27-19(25)20(2,3)4/h8-9H,5-7,10-11H2,1-4H3. The van der Waals surface area contributed by atoms with Crippen LogP contribution in [0.15, 0.2) is 16.9 Å². The third-order valence-electron chi connectivity index (χ3n) is 4.59. The van der Waals surface area contributed by atoms with Gasteiger partial charge in [-0.3, -0.25) is 19.0 Å². The van der Waals surface area contributed by atoms with Crippen molar-refractivity contribution in [1.29, 1.82) is 0 Å². The van der Waals surface area contributed by atoms with E-state index in [1.165, 1.54) is 17.1 Å². The molecule has 1 aromatic heterocycles. The minimum absolute atomic E-state index is 0.162. The van der Waals surface area contributed by atoms with Gasteiger partial charge in [0.25, 0.3) is 5.56 Å². The molecular formula is C20H24N2O5. The lowest BCUT2D eigenvalue weighted by atomic mass is 9.98. The summed E-state index contributed by atoms with van der Waals surface area (Å²) in [5, 5.41) is 0.481. The highest BCUT2D eigenvalue weighted by Gasteiger charge is 2.24. The topological polar surface area (TPSA) is 87.5 Å². The number of nitrogens with zero attached hydrogens (tertiary/aromatic N) is 2. The second-order valence-electron chi connectivity index (χ2n) is 7.84. The number of benzene rings is 1. The van der Waals surface area contributed by atoms with Crippen LogP contribution in [0.2, 0.25) is 0 Å². The number of rotatable bonds is 4. The van der Waals surface area contributed by atoms with Gasteiger partial charge < -0.3 is 9.47 Å². The zero-order chi connectivity index (χ0) is 19.8. The molecule has 0 fully saturated rings. The Morgan fingerprint density at radius 1 is 1.15 bits per heavy atom. The molecule has 0 bridgehead atoms. The number of aryl methyl sites for hydroxylation is 2. The molecule has 0 N–H and O–H groups in total. The Labute approximate surface area is 157 Å². The van der Waals surface area contributed by atoms with Crippen molar-refractivity contribution < 1.29 is 19.1 Å². The van der Waals surface area contributed by atoms with Crippen LogP contribution in [-0.2, 0) is 45.2 Å². The summed E-state index contributed by atoms with van der Waals surface area (Å²) in [5.41, 5.74) is 1.93. The molecule has 2 aromatic rings. The molecule has 144 valence electrons. The molecule has 3 rings (SSSR count). The Kier molecular flexibility index (Phi) is 5.04. The van der Waals surface area contributed by atoms with Crippen LogP contribution < -0.4 is 5.56 Å². The number of carbonyl (C=O) groups excluding carboxylic acids is 2. The first-order valence-electron chi connectivity index (χ1n) is 9.02. The Hall–Kier alpha value is -2.70. The number of esters is 2. The van der Waals surface area contributed by atoms with E-state index in [0.29, 0.717) is 10.9 Å². The van der Waals surface area contributed by atoms with E-state index in [0.717, 1.165) is 24.8 Å². The normalized spacial score (nSPS) is 13.5. The van der Waals surface area contributed by atoms with Crippen molar-refractivity contribution in [3.05, 3.63) is 39.4 Å². The molecule has 0 atom stereocenters. The van der Waals surface area contributed by atoms with E-state index in [1.807, 2.05) is 12.1 Å². The van der Waals surface area contributed by atoms with Crippen molar-refractivity contribution in [1.82, 2.24) is 9.55 Å². The minimum Gasteiger partial charge on any atom is -0.458 e. The van der Waals surface area contributed by atoms with Crippen molar-refractivity contribution in [2.24, 2.45) is 5.41 Å². The van der Waals surface area contributed by atoms with Crippen LogP contribution in [-0.4, -0.2) is 21.5 Å².